The molecule has 14 heavy (non-hydrogen) atoms. The van der Waals surface area contributed by atoms with Crippen LogP contribution in [0.15, 0.2) is 24.5 Å². The van der Waals surface area contributed by atoms with E-state index < -0.39 is 0 Å². The molecule has 0 fully saturated rings. The average Bonchev–Trinajstić information content (AvgIpc) is 2.47. The van der Waals surface area contributed by atoms with E-state index in [1.54, 1.807) is 0 Å². The highest BCUT2D eigenvalue weighted by molar-refractivity contribution is 5.85. The molecule has 1 aromatic heterocycles. The minimum Gasteiger partial charge on any atom is -0.334 e. The van der Waals surface area contributed by atoms with Crippen LogP contribution in [0.1, 0.15) is 5.56 Å². The number of imidazole rings is 1. The quantitative estimate of drug-likeness (QED) is 0.818. The van der Waals surface area contributed by atoms with E-state index in [-0.39, 0.29) is 24.8 Å². The van der Waals surface area contributed by atoms with Crippen LogP contribution in [0.2, 0.25) is 0 Å². The second kappa shape index (κ2) is 5.20. The number of rotatable bonds is 1. The molecule has 0 bridgehead atoms. The van der Waals surface area contributed by atoms with Gasteiger partial charge in [-0.3, -0.25) is 0 Å². The van der Waals surface area contributed by atoms with E-state index in [1.165, 1.54) is 0 Å². The summed E-state index contributed by atoms with van der Waals surface area (Å²) in [4.78, 5) is 4.23. The SMILES string of the molecule is Cl.Cl.Cn1cnc2cc(CN)ccc21. The minimum absolute atomic E-state index is 0. The summed E-state index contributed by atoms with van der Waals surface area (Å²) in [5.74, 6) is 0. The van der Waals surface area contributed by atoms with E-state index in [4.69, 9.17) is 5.73 Å². The molecular weight excluding hydrogens is 221 g/mol. The molecule has 0 aliphatic rings. The highest BCUT2D eigenvalue weighted by Gasteiger charge is 1.98. The molecule has 0 radical (unpaired) electrons. The van der Waals surface area contributed by atoms with Gasteiger partial charge in [0.1, 0.15) is 0 Å². The molecule has 0 unspecified atom stereocenters. The Morgan fingerprint density at radius 2 is 2.07 bits per heavy atom. The summed E-state index contributed by atoms with van der Waals surface area (Å²) in [5, 5.41) is 0. The smallest absolute Gasteiger partial charge is 0.0955 e. The van der Waals surface area contributed by atoms with Gasteiger partial charge in [-0.05, 0) is 17.7 Å². The fourth-order valence-corrected chi connectivity index (χ4v) is 1.31. The molecular formula is C9H13Cl2N3. The topological polar surface area (TPSA) is 43.8 Å². The molecule has 5 heteroatoms. The first-order chi connectivity index (χ1) is 5.81. The first-order valence-electron chi connectivity index (χ1n) is 3.91. The van der Waals surface area contributed by atoms with Crippen LogP contribution in [0.4, 0.5) is 0 Å². The molecule has 0 aliphatic carbocycles. The van der Waals surface area contributed by atoms with Crippen LogP contribution in [0.25, 0.3) is 11.0 Å². The average molecular weight is 234 g/mol. The van der Waals surface area contributed by atoms with Gasteiger partial charge in [-0.1, -0.05) is 6.07 Å². The summed E-state index contributed by atoms with van der Waals surface area (Å²) >= 11 is 0. The molecule has 0 saturated carbocycles. The molecule has 0 amide bonds. The second-order valence-electron chi connectivity index (χ2n) is 2.88. The van der Waals surface area contributed by atoms with Crippen molar-refractivity contribution in [2.45, 2.75) is 6.54 Å². The lowest BCUT2D eigenvalue weighted by Gasteiger charge is -1.96. The third kappa shape index (κ3) is 2.18. The highest BCUT2D eigenvalue weighted by Crippen LogP contribution is 2.12. The number of nitrogens with zero attached hydrogens (tertiary/aromatic N) is 2. The third-order valence-electron chi connectivity index (χ3n) is 2.03. The molecule has 2 aromatic rings. The molecule has 1 heterocycles. The van der Waals surface area contributed by atoms with Crippen LogP contribution in [0.3, 0.4) is 0 Å². The van der Waals surface area contributed by atoms with E-state index in [0.717, 1.165) is 16.6 Å². The molecule has 0 spiro atoms. The van der Waals surface area contributed by atoms with Gasteiger partial charge < -0.3 is 10.3 Å². The van der Waals surface area contributed by atoms with Gasteiger partial charge in [-0.25, -0.2) is 4.98 Å². The number of aromatic nitrogens is 2. The Morgan fingerprint density at radius 3 is 2.71 bits per heavy atom. The Morgan fingerprint density at radius 1 is 1.36 bits per heavy atom. The zero-order valence-corrected chi connectivity index (χ0v) is 9.44. The van der Waals surface area contributed by atoms with Gasteiger partial charge in [0.15, 0.2) is 0 Å². The zero-order valence-electron chi connectivity index (χ0n) is 7.80. The van der Waals surface area contributed by atoms with Crippen molar-refractivity contribution in [3.05, 3.63) is 30.1 Å². The first-order valence-corrected chi connectivity index (χ1v) is 3.91. The summed E-state index contributed by atoms with van der Waals surface area (Å²) < 4.78 is 2.00. The number of benzene rings is 1. The fraction of sp³-hybridized carbons (Fsp3) is 0.222. The number of hydrogen-bond donors (Lipinski definition) is 1. The van der Waals surface area contributed by atoms with E-state index in [0.29, 0.717) is 6.54 Å². The van der Waals surface area contributed by atoms with Crippen molar-refractivity contribution in [2.24, 2.45) is 12.8 Å². The molecule has 0 aliphatic heterocycles. The summed E-state index contributed by atoms with van der Waals surface area (Å²) in [6.45, 7) is 0.576. The van der Waals surface area contributed by atoms with Gasteiger partial charge in [-0.15, -0.1) is 24.8 Å². The molecule has 3 nitrogen and oxygen atoms in total. The number of halogens is 2. The fourth-order valence-electron chi connectivity index (χ4n) is 1.31. The maximum absolute atomic E-state index is 5.51. The molecule has 2 N–H and O–H groups in total. The highest BCUT2D eigenvalue weighted by atomic mass is 35.5. The van der Waals surface area contributed by atoms with E-state index in [1.807, 2.05) is 36.1 Å². The Kier molecular flexibility index (Phi) is 4.91. The van der Waals surface area contributed by atoms with Crippen molar-refractivity contribution >= 4 is 35.8 Å². The lowest BCUT2D eigenvalue weighted by Crippen LogP contribution is -1.95. The van der Waals surface area contributed by atoms with Crippen LogP contribution in [0, 0.1) is 0 Å². The molecule has 2 rings (SSSR count). The zero-order chi connectivity index (χ0) is 8.55. The van der Waals surface area contributed by atoms with Gasteiger partial charge in [-0.2, -0.15) is 0 Å². The number of aryl methyl sites for hydroxylation is 1. The maximum Gasteiger partial charge on any atom is 0.0955 e. The van der Waals surface area contributed by atoms with E-state index >= 15 is 0 Å². The predicted octanol–water partition coefficient (Wildman–Crippen LogP) is 1.88. The van der Waals surface area contributed by atoms with Crippen molar-refractivity contribution in [3.8, 4) is 0 Å². The second-order valence-corrected chi connectivity index (χ2v) is 2.88. The molecule has 0 saturated heterocycles. The van der Waals surface area contributed by atoms with Crippen LogP contribution in [-0.4, -0.2) is 9.55 Å². The number of hydrogen-bond acceptors (Lipinski definition) is 2. The Hall–Kier alpha value is -0.770. The normalized spacial score (nSPS) is 9.29. The summed E-state index contributed by atoms with van der Waals surface area (Å²) in [7, 11) is 1.98. The summed E-state index contributed by atoms with van der Waals surface area (Å²) in [6, 6.07) is 6.10. The lowest BCUT2D eigenvalue weighted by atomic mass is 10.2. The maximum atomic E-state index is 5.51. The standard InChI is InChI=1S/C9H11N3.2ClH/c1-12-6-11-8-4-7(5-10)2-3-9(8)12;;/h2-4,6H,5,10H2,1H3;2*1H. The van der Waals surface area contributed by atoms with E-state index in [9.17, 15) is 0 Å². The van der Waals surface area contributed by atoms with Crippen molar-refractivity contribution in [2.75, 3.05) is 0 Å². The first kappa shape index (κ1) is 13.2. The molecule has 0 atom stereocenters. The van der Waals surface area contributed by atoms with Crippen LogP contribution in [0.5, 0.6) is 0 Å². The van der Waals surface area contributed by atoms with Crippen LogP contribution < -0.4 is 5.73 Å². The van der Waals surface area contributed by atoms with Gasteiger partial charge in [0.25, 0.3) is 0 Å². The van der Waals surface area contributed by atoms with Crippen LogP contribution in [-0.2, 0) is 13.6 Å². The van der Waals surface area contributed by atoms with Crippen molar-refractivity contribution in [1.29, 1.82) is 0 Å². The van der Waals surface area contributed by atoms with E-state index in [2.05, 4.69) is 4.98 Å². The Labute approximate surface area is 95.1 Å². The van der Waals surface area contributed by atoms with Crippen molar-refractivity contribution in [3.63, 3.8) is 0 Å². The third-order valence-corrected chi connectivity index (χ3v) is 2.03. The number of nitrogens with two attached hydrogens (primary N) is 1. The van der Waals surface area contributed by atoms with Gasteiger partial charge in [0, 0.05) is 13.6 Å². The van der Waals surface area contributed by atoms with Crippen molar-refractivity contribution < 1.29 is 0 Å². The Bertz CT molecular complexity index is 411. The van der Waals surface area contributed by atoms with Crippen molar-refractivity contribution in [1.82, 2.24) is 9.55 Å². The predicted molar refractivity (Wildman–Crippen MR) is 63.1 cm³/mol. The Balaban J connectivity index is 0.000000845. The minimum atomic E-state index is 0. The van der Waals surface area contributed by atoms with Gasteiger partial charge in [0.2, 0.25) is 0 Å². The summed E-state index contributed by atoms with van der Waals surface area (Å²) in [5.41, 5.74) is 8.80. The van der Waals surface area contributed by atoms with Crippen LogP contribution >= 0.6 is 24.8 Å². The van der Waals surface area contributed by atoms with Gasteiger partial charge >= 0.3 is 0 Å². The lowest BCUT2D eigenvalue weighted by molar-refractivity contribution is 0.947. The summed E-state index contributed by atoms with van der Waals surface area (Å²) in [6.07, 6.45) is 1.81. The van der Waals surface area contributed by atoms with Gasteiger partial charge in [0.05, 0.1) is 17.4 Å². The monoisotopic (exact) mass is 233 g/mol. The largest absolute Gasteiger partial charge is 0.334 e. The number of fused-ring (bicyclic) bond motifs is 1. The molecule has 1 aromatic carbocycles. The molecule has 78 valence electrons.